The van der Waals surface area contributed by atoms with E-state index in [9.17, 15) is 9.59 Å². The van der Waals surface area contributed by atoms with Gasteiger partial charge in [0.05, 0.1) is 7.11 Å². The third kappa shape index (κ3) is 1.65. The first-order valence-electron chi connectivity index (χ1n) is 7.03. The lowest BCUT2D eigenvalue weighted by atomic mass is 10.0. The Morgan fingerprint density at radius 2 is 1.83 bits per heavy atom. The van der Waals surface area contributed by atoms with E-state index in [1.54, 1.807) is 4.90 Å². The third-order valence-electron chi connectivity index (χ3n) is 5.26. The summed E-state index contributed by atoms with van der Waals surface area (Å²) in [7, 11) is 1.37. The zero-order chi connectivity index (χ0) is 12.9. The summed E-state index contributed by atoms with van der Waals surface area (Å²) in [6, 6.07) is 0. The fourth-order valence-corrected chi connectivity index (χ4v) is 4.43. The summed E-state index contributed by atoms with van der Waals surface area (Å²) in [5.74, 6) is 2.97. The van der Waals surface area contributed by atoms with Crippen molar-refractivity contribution in [1.82, 2.24) is 4.90 Å². The van der Waals surface area contributed by atoms with Crippen molar-refractivity contribution in [3.05, 3.63) is 0 Å². The second kappa shape index (κ2) is 4.25. The van der Waals surface area contributed by atoms with E-state index in [1.807, 2.05) is 6.92 Å². The van der Waals surface area contributed by atoms with Crippen LogP contribution in [-0.2, 0) is 14.3 Å². The Morgan fingerprint density at radius 1 is 1.22 bits per heavy atom. The van der Waals surface area contributed by atoms with Gasteiger partial charge < -0.3 is 9.64 Å². The molecule has 0 saturated heterocycles. The van der Waals surface area contributed by atoms with Crippen molar-refractivity contribution in [2.24, 2.45) is 29.6 Å². The molecule has 0 heterocycles. The number of hydrogen-bond acceptors (Lipinski definition) is 3. The van der Waals surface area contributed by atoms with Crippen LogP contribution >= 0.6 is 0 Å². The number of carbonyl (C=O) groups is 2. The fraction of sp³-hybridized carbons (Fsp3) is 0.857. The van der Waals surface area contributed by atoms with Gasteiger partial charge in [0.25, 0.3) is 0 Å². The number of nitrogens with zero attached hydrogens (tertiary/aromatic N) is 1. The molecule has 0 radical (unpaired) electrons. The number of hydrogen-bond donors (Lipinski definition) is 0. The summed E-state index contributed by atoms with van der Waals surface area (Å²) >= 11 is 0. The SMILES string of the molecule is CCN(CC(=O)OC)C(=O)C1C2C3CCC(C3)C12. The van der Waals surface area contributed by atoms with Crippen molar-refractivity contribution >= 4 is 11.9 Å². The Balaban J connectivity index is 1.63. The minimum Gasteiger partial charge on any atom is -0.468 e. The highest BCUT2D eigenvalue weighted by Crippen LogP contribution is 2.69. The number of carbonyl (C=O) groups excluding carboxylic acids is 2. The van der Waals surface area contributed by atoms with Crippen LogP contribution in [0.3, 0.4) is 0 Å². The smallest absolute Gasteiger partial charge is 0.325 e. The molecule has 0 aromatic carbocycles. The molecule has 4 nitrogen and oxygen atoms in total. The Kier molecular flexibility index (Phi) is 2.83. The number of amides is 1. The summed E-state index contributed by atoms with van der Waals surface area (Å²) in [5.41, 5.74) is 0. The van der Waals surface area contributed by atoms with Crippen LogP contribution in [-0.4, -0.2) is 37.0 Å². The number of esters is 1. The molecule has 3 saturated carbocycles. The summed E-state index contributed by atoms with van der Waals surface area (Å²) in [6.07, 6.45) is 3.99. The lowest BCUT2D eigenvalue weighted by Crippen LogP contribution is -2.38. The molecule has 3 aliphatic rings. The van der Waals surface area contributed by atoms with Crippen molar-refractivity contribution in [2.45, 2.75) is 26.2 Å². The maximum Gasteiger partial charge on any atom is 0.325 e. The van der Waals surface area contributed by atoms with Crippen LogP contribution in [0.5, 0.6) is 0 Å². The highest BCUT2D eigenvalue weighted by Gasteiger charge is 2.67. The molecular formula is C14H21NO3. The van der Waals surface area contributed by atoms with Crippen LogP contribution in [0.25, 0.3) is 0 Å². The minimum absolute atomic E-state index is 0.108. The average Bonchev–Trinajstić information content (AvgIpc) is 2.82. The van der Waals surface area contributed by atoms with Gasteiger partial charge in [-0.1, -0.05) is 0 Å². The number of likely N-dealkylation sites (N-methyl/N-ethyl adjacent to an activating group) is 1. The standard InChI is InChI=1S/C14H21NO3/c1-3-15(7-10(16)18-2)14(17)13-11-8-4-5-9(6-8)12(11)13/h8-9,11-13H,3-7H2,1-2H3. The first-order valence-corrected chi connectivity index (χ1v) is 7.03. The second-order valence-corrected chi connectivity index (χ2v) is 5.94. The first-order chi connectivity index (χ1) is 8.67. The van der Waals surface area contributed by atoms with Crippen molar-refractivity contribution in [3.8, 4) is 0 Å². The Labute approximate surface area is 108 Å². The molecular weight excluding hydrogens is 230 g/mol. The first kappa shape index (κ1) is 12.0. The highest BCUT2D eigenvalue weighted by atomic mass is 16.5. The quantitative estimate of drug-likeness (QED) is 0.708. The zero-order valence-electron chi connectivity index (χ0n) is 11.1. The Hall–Kier alpha value is -1.06. The summed E-state index contributed by atoms with van der Waals surface area (Å²) in [4.78, 5) is 25.4. The summed E-state index contributed by atoms with van der Waals surface area (Å²) in [5, 5.41) is 0. The van der Waals surface area contributed by atoms with Gasteiger partial charge in [0.15, 0.2) is 0 Å². The largest absolute Gasteiger partial charge is 0.468 e. The van der Waals surface area contributed by atoms with E-state index in [-0.39, 0.29) is 24.3 Å². The monoisotopic (exact) mass is 251 g/mol. The molecule has 3 fully saturated rings. The van der Waals surface area contributed by atoms with Gasteiger partial charge in [0, 0.05) is 12.5 Å². The Bertz CT molecular complexity index is 365. The molecule has 0 spiro atoms. The van der Waals surface area contributed by atoms with Gasteiger partial charge in [0.2, 0.25) is 5.91 Å². The normalized spacial score (nSPS) is 39.3. The molecule has 0 aliphatic heterocycles. The molecule has 100 valence electrons. The van der Waals surface area contributed by atoms with Gasteiger partial charge in [0.1, 0.15) is 6.54 Å². The van der Waals surface area contributed by atoms with Crippen molar-refractivity contribution < 1.29 is 14.3 Å². The van der Waals surface area contributed by atoms with Crippen LogP contribution in [0.15, 0.2) is 0 Å². The molecule has 1 amide bonds. The van der Waals surface area contributed by atoms with Crippen LogP contribution in [0.4, 0.5) is 0 Å². The predicted molar refractivity (Wildman–Crippen MR) is 65.6 cm³/mol. The van der Waals surface area contributed by atoms with Crippen LogP contribution in [0.2, 0.25) is 0 Å². The summed E-state index contributed by atoms with van der Waals surface area (Å²) in [6.45, 7) is 2.63. The molecule has 4 unspecified atom stereocenters. The van der Waals surface area contributed by atoms with Crippen molar-refractivity contribution in [3.63, 3.8) is 0 Å². The zero-order valence-corrected chi connectivity index (χ0v) is 11.1. The number of ether oxygens (including phenoxy) is 1. The lowest BCUT2D eigenvalue weighted by Gasteiger charge is -2.21. The third-order valence-corrected chi connectivity index (χ3v) is 5.26. The number of fused-ring (bicyclic) bond motifs is 5. The summed E-state index contributed by atoms with van der Waals surface area (Å²) < 4.78 is 4.65. The van der Waals surface area contributed by atoms with Crippen LogP contribution < -0.4 is 0 Å². The molecule has 4 atom stereocenters. The van der Waals surface area contributed by atoms with Gasteiger partial charge in [-0.05, 0) is 49.9 Å². The Morgan fingerprint density at radius 3 is 2.33 bits per heavy atom. The minimum atomic E-state index is -0.320. The molecule has 3 rings (SSSR count). The van der Waals surface area contributed by atoms with Crippen molar-refractivity contribution in [1.29, 1.82) is 0 Å². The van der Waals surface area contributed by atoms with Crippen LogP contribution in [0, 0.1) is 29.6 Å². The van der Waals surface area contributed by atoms with E-state index < -0.39 is 0 Å². The van der Waals surface area contributed by atoms with E-state index >= 15 is 0 Å². The second-order valence-electron chi connectivity index (χ2n) is 5.94. The van der Waals surface area contributed by atoms with Gasteiger partial charge in [-0.2, -0.15) is 0 Å². The van der Waals surface area contributed by atoms with Gasteiger partial charge in [-0.25, -0.2) is 0 Å². The molecule has 2 bridgehead atoms. The van der Waals surface area contributed by atoms with Crippen molar-refractivity contribution in [2.75, 3.05) is 20.2 Å². The topological polar surface area (TPSA) is 46.6 Å². The van der Waals surface area contributed by atoms with Crippen LogP contribution in [0.1, 0.15) is 26.2 Å². The van der Waals surface area contributed by atoms with E-state index in [1.165, 1.54) is 26.4 Å². The van der Waals surface area contributed by atoms with E-state index in [0.29, 0.717) is 18.4 Å². The van der Waals surface area contributed by atoms with E-state index in [4.69, 9.17) is 0 Å². The van der Waals surface area contributed by atoms with Gasteiger partial charge in [-0.3, -0.25) is 9.59 Å². The van der Waals surface area contributed by atoms with Gasteiger partial charge >= 0.3 is 5.97 Å². The highest BCUT2D eigenvalue weighted by molar-refractivity contribution is 5.86. The predicted octanol–water partition coefficient (Wildman–Crippen LogP) is 1.30. The fourth-order valence-electron chi connectivity index (χ4n) is 4.43. The average molecular weight is 251 g/mol. The number of rotatable bonds is 4. The molecule has 3 aliphatic carbocycles. The molecule has 18 heavy (non-hydrogen) atoms. The maximum atomic E-state index is 12.4. The molecule has 0 aromatic rings. The van der Waals surface area contributed by atoms with E-state index in [0.717, 1.165) is 11.8 Å². The number of methoxy groups -OCH3 is 1. The lowest BCUT2D eigenvalue weighted by molar-refractivity contribution is -0.147. The molecule has 0 N–H and O–H groups in total. The van der Waals surface area contributed by atoms with E-state index in [2.05, 4.69) is 4.74 Å². The molecule has 4 heteroatoms. The van der Waals surface area contributed by atoms with Gasteiger partial charge in [-0.15, -0.1) is 0 Å². The maximum absolute atomic E-state index is 12.4. The molecule has 0 aromatic heterocycles.